The van der Waals surface area contributed by atoms with Crippen molar-refractivity contribution in [3.05, 3.63) is 35.9 Å². The monoisotopic (exact) mass is 307 g/mol. The van der Waals surface area contributed by atoms with Gasteiger partial charge in [-0.15, -0.1) is 11.8 Å². The van der Waals surface area contributed by atoms with Crippen molar-refractivity contribution in [2.75, 3.05) is 18.1 Å². The van der Waals surface area contributed by atoms with Gasteiger partial charge in [0.05, 0.1) is 17.6 Å². The minimum atomic E-state index is -4.27. The second kappa shape index (κ2) is 8.16. The molecule has 1 atom stereocenters. The summed E-state index contributed by atoms with van der Waals surface area (Å²) >= 11 is 0.505. The van der Waals surface area contributed by atoms with Gasteiger partial charge in [0.15, 0.2) is 0 Å². The lowest BCUT2D eigenvalue weighted by molar-refractivity contribution is -0.119. The number of alkyl halides is 3. The molecule has 20 heavy (non-hydrogen) atoms. The van der Waals surface area contributed by atoms with Crippen LogP contribution in [0.3, 0.4) is 0 Å². The molecule has 0 aliphatic carbocycles. The summed E-state index contributed by atoms with van der Waals surface area (Å²) < 4.78 is 35.6. The van der Waals surface area contributed by atoms with Gasteiger partial charge in [0.2, 0.25) is 5.91 Å². The van der Waals surface area contributed by atoms with E-state index < -0.39 is 23.9 Å². The van der Waals surface area contributed by atoms with Crippen LogP contribution in [-0.2, 0) is 11.2 Å². The first-order chi connectivity index (χ1) is 9.37. The van der Waals surface area contributed by atoms with Gasteiger partial charge in [-0.3, -0.25) is 4.79 Å². The topological polar surface area (TPSA) is 49.3 Å². The molecule has 0 spiro atoms. The molecule has 0 radical (unpaired) electrons. The number of rotatable bonds is 7. The number of carbonyl (C=O) groups is 1. The Hall–Kier alpha value is -1.21. The Labute approximate surface area is 119 Å². The summed E-state index contributed by atoms with van der Waals surface area (Å²) in [6, 6.07) is 9.24. The van der Waals surface area contributed by atoms with E-state index in [4.69, 9.17) is 0 Å². The predicted octanol–water partition coefficient (Wildman–Crippen LogP) is 2.00. The van der Waals surface area contributed by atoms with Crippen LogP contribution in [0.4, 0.5) is 13.2 Å². The Morgan fingerprint density at radius 1 is 1.30 bits per heavy atom. The highest BCUT2D eigenvalue weighted by Gasteiger charge is 2.27. The molecule has 1 rings (SSSR count). The smallest absolute Gasteiger partial charge is 0.391 e. The lowest BCUT2D eigenvalue weighted by Crippen LogP contribution is -2.34. The minimum absolute atomic E-state index is 0.0281. The number of aliphatic hydroxyl groups is 1. The first kappa shape index (κ1) is 16.8. The van der Waals surface area contributed by atoms with Gasteiger partial charge in [-0.2, -0.15) is 13.2 Å². The maximum absolute atomic E-state index is 11.9. The van der Waals surface area contributed by atoms with Gasteiger partial charge in [-0.1, -0.05) is 30.3 Å². The number of benzene rings is 1. The van der Waals surface area contributed by atoms with Crippen molar-refractivity contribution in [3.8, 4) is 0 Å². The number of thioether (sulfide) groups is 1. The van der Waals surface area contributed by atoms with Crippen molar-refractivity contribution >= 4 is 17.7 Å². The largest absolute Gasteiger partial charge is 0.397 e. The van der Waals surface area contributed by atoms with E-state index in [1.807, 2.05) is 30.3 Å². The summed E-state index contributed by atoms with van der Waals surface area (Å²) in [7, 11) is 0. The molecule has 0 saturated carbocycles. The van der Waals surface area contributed by atoms with E-state index in [0.29, 0.717) is 18.2 Å². The zero-order valence-electron chi connectivity index (χ0n) is 10.7. The lowest BCUT2D eigenvalue weighted by atomic mass is 10.1. The summed E-state index contributed by atoms with van der Waals surface area (Å²) in [6.45, 7) is 0.0281. The summed E-state index contributed by atoms with van der Waals surface area (Å²) in [6.07, 6.45) is -4.64. The van der Waals surface area contributed by atoms with Crippen LogP contribution in [-0.4, -0.2) is 41.3 Å². The zero-order chi connectivity index (χ0) is 15.0. The van der Waals surface area contributed by atoms with Gasteiger partial charge in [-0.25, -0.2) is 0 Å². The molecule has 2 N–H and O–H groups in total. The fourth-order valence-corrected chi connectivity index (χ4v) is 2.12. The van der Waals surface area contributed by atoms with Gasteiger partial charge in [0.25, 0.3) is 0 Å². The van der Waals surface area contributed by atoms with Crippen molar-refractivity contribution in [3.63, 3.8) is 0 Å². The first-order valence-electron chi connectivity index (χ1n) is 6.00. The van der Waals surface area contributed by atoms with E-state index in [1.54, 1.807) is 0 Å². The number of nitrogens with one attached hydrogen (secondary N) is 1. The van der Waals surface area contributed by atoms with E-state index in [2.05, 4.69) is 5.32 Å². The highest BCUT2D eigenvalue weighted by molar-refractivity contribution is 8.00. The van der Waals surface area contributed by atoms with Crippen molar-refractivity contribution < 1.29 is 23.1 Å². The summed E-state index contributed by atoms with van der Waals surface area (Å²) in [4.78, 5) is 11.3. The molecule has 7 heteroatoms. The summed E-state index contributed by atoms with van der Waals surface area (Å²) in [5, 5.41) is 12.1. The molecule has 0 fully saturated rings. The Morgan fingerprint density at radius 2 is 1.95 bits per heavy atom. The molecule has 0 saturated heterocycles. The highest BCUT2D eigenvalue weighted by Crippen LogP contribution is 2.20. The molecular formula is C13H16F3NO2S. The van der Waals surface area contributed by atoms with Crippen LogP contribution in [0.1, 0.15) is 5.56 Å². The van der Waals surface area contributed by atoms with Gasteiger partial charge >= 0.3 is 6.18 Å². The van der Waals surface area contributed by atoms with Gasteiger partial charge in [0, 0.05) is 13.0 Å². The standard InChI is InChI=1S/C13H16F3NO2S/c14-13(15,16)9-20-8-12(19)17-7-11(18)6-10-4-2-1-3-5-10/h1-5,11,18H,6-9H2,(H,17,19). The van der Waals surface area contributed by atoms with Crippen LogP contribution >= 0.6 is 11.8 Å². The molecule has 1 aromatic rings. The number of amides is 1. The van der Waals surface area contributed by atoms with E-state index in [-0.39, 0.29) is 12.3 Å². The molecule has 0 aliphatic rings. The van der Waals surface area contributed by atoms with Crippen LogP contribution in [0, 0.1) is 0 Å². The normalized spacial score (nSPS) is 13.0. The lowest BCUT2D eigenvalue weighted by Gasteiger charge is -2.12. The molecule has 112 valence electrons. The Morgan fingerprint density at radius 3 is 2.55 bits per heavy atom. The van der Waals surface area contributed by atoms with Gasteiger partial charge < -0.3 is 10.4 Å². The summed E-state index contributed by atoms with van der Waals surface area (Å²) in [5.41, 5.74) is 0.931. The SMILES string of the molecule is O=C(CSCC(F)(F)F)NCC(O)Cc1ccccc1. The molecule has 1 aromatic carbocycles. The minimum Gasteiger partial charge on any atom is -0.391 e. The quantitative estimate of drug-likeness (QED) is 0.810. The van der Waals surface area contributed by atoms with Crippen molar-refractivity contribution in [2.45, 2.75) is 18.7 Å². The van der Waals surface area contributed by atoms with E-state index >= 15 is 0 Å². The maximum Gasteiger partial charge on any atom is 0.397 e. The molecule has 0 aromatic heterocycles. The van der Waals surface area contributed by atoms with Crippen LogP contribution in [0.5, 0.6) is 0 Å². The third-order valence-corrected chi connectivity index (χ3v) is 3.35. The molecule has 1 amide bonds. The van der Waals surface area contributed by atoms with Crippen LogP contribution < -0.4 is 5.32 Å². The average Bonchev–Trinajstić information content (AvgIpc) is 2.36. The van der Waals surface area contributed by atoms with Gasteiger partial charge in [-0.05, 0) is 5.56 Å². The van der Waals surface area contributed by atoms with Gasteiger partial charge in [0.1, 0.15) is 0 Å². The predicted molar refractivity (Wildman–Crippen MR) is 72.5 cm³/mol. The first-order valence-corrected chi connectivity index (χ1v) is 7.15. The maximum atomic E-state index is 11.9. The van der Waals surface area contributed by atoms with Crippen LogP contribution in [0.25, 0.3) is 0 Å². The van der Waals surface area contributed by atoms with Crippen LogP contribution in [0.2, 0.25) is 0 Å². The van der Waals surface area contributed by atoms with Crippen molar-refractivity contribution in [2.24, 2.45) is 0 Å². The molecule has 1 unspecified atom stereocenters. The number of halogens is 3. The number of hydrogen-bond donors (Lipinski definition) is 2. The zero-order valence-corrected chi connectivity index (χ0v) is 11.5. The van der Waals surface area contributed by atoms with Crippen LogP contribution in [0.15, 0.2) is 30.3 Å². The third kappa shape index (κ3) is 8.06. The number of aliphatic hydroxyl groups excluding tert-OH is 1. The molecule has 0 bridgehead atoms. The molecular weight excluding hydrogens is 291 g/mol. The third-order valence-electron chi connectivity index (χ3n) is 2.35. The Kier molecular flexibility index (Phi) is 6.87. The fraction of sp³-hybridized carbons (Fsp3) is 0.462. The number of carbonyl (C=O) groups excluding carboxylic acids is 1. The second-order valence-electron chi connectivity index (χ2n) is 4.26. The number of hydrogen-bond acceptors (Lipinski definition) is 3. The average molecular weight is 307 g/mol. The highest BCUT2D eigenvalue weighted by atomic mass is 32.2. The molecule has 3 nitrogen and oxygen atoms in total. The van der Waals surface area contributed by atoms with E-state index in [9.17, 15) is 23.1 Å². The summed E-state index contributed by atoms with van der Waals surface area (Å²) in [5.74, 6) is -1.82. The Bertz CT molecular complexity index is 412. The Balaban J connectivity index is 2.17. The molecule has 0 heterocycles. The van der Waals surface area contributed by atoms with Crippen molar-refractivity contribution in [1.29, 1.82) is 0 Å². The molecule has 0 aliphatic heterocycles. The second-order valence-corrected chi connectivity index (χ2v) is 5.24. The van der Waals surface area contributed by atoms with E-state index in [0.717, 1.165) is 5.56 Å². The van der Waals surface area contributed by atoms with Crippen molar-refractivity contribution in [1.82, 2.24) is 5.32 Å². The fourth-order valence-electron chi connectivity index (χ4n) is 1.50. The van der Waals surface area contributed by atoms with E-state index in [1.165, 1.54) is 0 Å².